The lowest BCUT2D eigenvalue weighted by atomic mass is 9.90. The molecule has 0 fully saturated rings. The minimum absolute atomic E-state index is 0.0847. The minimum Gasteiger partial charge on any atom is -0.493 e. The standard InChI is InChI=1S/C60H70N6O10/c1-5-9-11-13-31-75-57-45-33-41-17-15-19-43(55(41)73-29-7-3)35-47-39-52(64-60(68)62-50-23-27-54(28-24-50)66(71)72)40-48(58(47)76-32-14-12-10-6-2)36-44-20-16-18-42(56(44)74-30-8-4)34-46(57)38-51(37-45)63-59(67)61-49-21-25-53(26-22-49)65(69)70/h15-28,37-40H,5-14,29-36H2,1-4H3,(H2,61,63,67)(H2,62,64,68). The van der Waals surface area contributed by atoms with Gasteiger partial charge in [-0.05, 0) is 96.5 Å². The number of anilines is 4. The number of benzene rings is 6. The molecule has 0 aromatic heterocycles. The van der Waals surface area contributed by atoms with E-state index in [4.69, 9.17) is 18.9 Å². The Labute approximate surface area is 445 Å². The van der Waals surface area contributed by atoms with E-state index in [1.165, 1.54) is 48.5 Å². The number of nitro benzene ring substituents is 2. The Hall–Kier alpha value is -8.14. The Morgan fingerprint density at radius 3 is 1.00 bits per heavy atom. The molecule has 0 atom stereocenters. The fourth-order valence-corrected chi connectivity index (χ4v) is 9.31. The highest BCUT2D eigenvalue weighted by molar-refractivity contribution is 6.01. The van der Waals surface area contributed by atoms with Crippen molar-refractivity contribution in [2.45, 2.75) is 118 Å². The van der Waals surface area contributed by atoms with Crippen LogP contribution in [0.4, 0.5) is 43.7 Å². The lowest BCUT2D eigenvalue weighted by Crippen LogP contribution is -2.20. The van der Waals surface area contributed by atoms with Gasteiger partial charge in [0.05, 0.1) is 36.3 Å². The number of carbonyl (C=O) groups is 2. The van der Waals surface area contributed by atoms with Gasteiger partial charge in [0.25, 0.3) is 11.4 Å². The van der Waals surface area contributed by atoms with Gasteiger partial charge in [0.15, 0.2) is 0 Å². The molecule has 8 bridgehead atoms. The van der Waals surface area contributed by atoms with Gasteiger partial charge in [0.2, 0.25) is 0 Å². The molecule has 400 valence electrons. The molecule has 0 saturated carbocycles. The van der Waals surface area contributed by atoms with Gasteiger partial charge in [-0.25, -0.2) is 9.59 Å². The number of nitro groups is 2. The summed E-state index contributed by atoms with van der Waals surface area (Å²) >= 11 is 0. The summed E-state index contributed by atoms with van der Waals surface area (Å²) < 4.78 is 27.3. The number of unbranched alkanes of at least 4 members (excludes halogenated alkanes) is 6. The first-order chi connectivity index (χ1) is 37.0. The summed E-state index contributed by atoms with van der Waals surface area (Å²) in [5.41, 5.74) is 8.61. The molecule has 0 aliphatic heterocycles. The van der Waals surface area contributed by atoms with E-state index in [2.05, 4.69) is 73.2 Å². The zero-order valence-corrected chi connectivity index (χ0v) is 44.1. The maximum Gasteiger partial charge on any atom is 0.323 e. The highest BCUT2D eigenvalue weighted by Gasteiger charge is 2.24. The normalized spacial score (nSPS) is 11.7. The smallest absolute Gasteiger partial charge is 0.323 e. The number of urea groups is 2. The van der Waals surface area contributed by atoms with E-state index in [1.807, 2.05) is 36.4 Å². The van der Waals surface area contributed by atoms with Crippen molar-refractivity contribution in [3.05, 3.63) is 174 Å². The van der Waals surface area contributed by atoms with E-state index in [0.29, 0.717) is 86.4 Å². The molecule has 4 N–H and O–H groups in total. The number of hydrogen-bond acceptors (Lipinski definition) is 10. The zero-order chi connectivity index (χ0) is 53.8. The minimum atomic E-state index is -0.522. The second-order valence-corrected chi connectivity index (χ2v) is 19.0. The largest absolute Gasteiger partial charge is 0.493 e. The summed E-state index contributed by atoms with van der Waals surface area (Å²) in [4.78, 5) is 49.3. The van der Waals surface area contributed by atoms with Crippen molar-refractivity contribution in [1.82, 2.24) is 0 Å². The lowest BCUT2D eigenvalue weighted by Gasteiger charge is -2.24. The number of para-hydroxylation sites is 2. The molecule has 16 nitrogen and oxygen atoms in total. The number of fused-ring (bicyclic) bond motifs is 8. The molecule has 1 aliphatic carbocycles. The monoisotopic (exact) mass is 1030 g/mol. The summed E-state index contributed by atoms with van der Waals surface area (Å²) in [6.07, 6.45) is 11.1. The summed E-state index contributed by atoms with van der Waals surface area (Å²) in [5.74, 6) is 2.86. The van der Waals surface area contributed by atoms with Crippen LogP contribution in [0.1, 0.15) is 136 Å². The molecule has 16 heteroatoms. The van der Waals surface area contributed by atoms with Gasteiger partial charge in [-0.15, -0.1) is 0 Å². The van der Waals surface area contributed by atoms with Crippen LogP contribution in [0.2, 0.25) is 0 Å². The van der Waals surface area contributed by atoms with E-state index in [9.17, 15) is 29.8 Å². The quantitative estimate of drug-likeness (QED) is 0.0256. The fraction of sp³-hybridized carbons (Fsp3) is 0.367. The van der Waals surface area contributed by atoms with Gasteiger partial charge >= 0.3 is 12.1 Å². The Morgan fingerprint density at radius 2 is 0.697 bits per heavy atom. The Balaban J connectivity index is 1.39. The predicted octanol–water partition coefficient (Wildman–Crippen LogP) is 15.0. The molecule has 76 heavy (non-hydrogen) atoms. The molecule has 0 radical (unpaired) electrons. The summed E-state index contributed by atoms with van der Waals surface area (Å²) in [7, 11) is 0. The van der Waals surface area contributed by atoms with E-state index >= 15 is 0 Å². The Morgan fingerprint density at radius 1 is 0.395 bits per heavy atom. The summed E-state index contributed by atoms with van der Waals surface area (Å²) in [5, 5.41) is 34.5. The summed E-state index contributed by atoms with van der Waals surface area (Å²) in [6.45, 7) is 10.4. The Kier molecular flexibility index (Phi) is 20.5. The van der Waals surface area contributed by atoms with Gasteiger partial charge in [0.1, 0.15) is 23.0 Å². The molecule has 4 amide bonds. The van der Waals surface area contributed by atoms with Crippen LogP contribution in [-0.4, -0.2) is 48.3 Å². The van der Waals surface area contributed by atoms with Crippen LogP contribution in [-0.2, 0) is 25.7 Å². The average Bonchev–Trinajstić information content (AvgIpc) is 3.40. The molecule has 0 heterocycles. The topological polar surface area (TPSA) is 205 Å². The summed E-state index contributed by atoms with van der Waals surface area (Å²) in [6, 6.07) is 30.3. The molecule has 0 unspecified atom stereocenters. The second-order valence-electron chi connectivity index (χ2n) is 19.0. The first-order valence-electron chi connectivity index (χ1n) is 26.7. The van der Waals surface area contributed by atoms with Crippen LogP contribution < -0.4 is 40.2 Å². The third-order valence-electron chi connectivity index (χ3n) is 12.9. The third-order valence-corrected chi connectivity index (χ3v) is 12.9. The number of nitrogens with one attached hydrogen (secondary N) is 4. The average molecular weight is 1040 g/mol. The van der Waals surface area contributed by atoms with Crippen LogP contribution in [0.15, 0.2) is 109 Å². The first-order valence-corrected chi connectivity index (χ1v) is 26.7. The number of ether oxygens (including phenoxy) is 4. The van der Waals surface area contributed by atoms with Gasteiger partial charge in [0, 0.05) is 95.0 Å². The molecule has 1 aliphatic rings. The van der Waals surface area contributed by atoms with Crippen LogP contribution in [0.25, 0.3) is 0 Å². The molecule has 0 saturated heterocycles. The fourth-order valence-electron chi connectivity index (χ4n) is 9.31. The van der Waals surface area contributed by atoms with Crippen molar-refractivity contribution < 1.29 is 38.4 Å². The van der Waals surface area contributed by atoms with Crippen molar-refractivity contribution in [3.63, 3.8) is 0 Å². The molecular weight excluding hydrogens is 965 g/mol. The van der Waals surface area contributed by atoms with E-state index < -0.39 is 21.9 Å². The number of rotatable bonds is 24. The number of hydrogen-bond donors (Lipinski definition) is 4. The van der Waals surface area contributed by atoms with Crippen LogP contribution >= 0.6 is 0 Å². The number of carbonyl (C=O) groups excluding carboxylic acids is 2. The number of amides is 4. The van der Waals surface area contributed by atoms with Crippen LogP contribution in [0.3, 0.4) is 0 Å². The van der Waals surface area contributed by atoms with Crippen molar-refractivity contribution in [2.24, 2.45) is 0 Å². The van der Waals surface area contributed by atoms with Gasteiger partial charge in [-0.3, -0.25) is 20.2 Å². The molecule has 7 rings (SSSR count). The van der Waals surface area contributed by atoms with Crippen molar-refractivity contribution >= 4 is 46.2 Å². The Bertz CT molecular complexity index is 2650. The third kappa shape index (κ3) is 15.5. The maximum atomic E-state index is 13.8. The zero-order valence-electron chi connectivity index (χ0n) is 44.1. The molecular formula is C60H70N6O10. The van der Waals surface area contributed by atoms with Crippen LogP contribution in [0, 0.1) is 20.2 Å². The molecule has 6 aromatic carbocycles. The highest BCUT2D eigenvalue weighted by Crippen LogP contribution is 2.41. The van der Waals surface area contributed by atoms with Gasteiger partial charge in [-0.2, -0.15) is 0 Å². The maximum absolute atomic E-state index is 13.8. The van der Waals surface area contributed by atoms with E-state index in [-0.39, 0.29) is 11.4 Å². The van der Waals surface area contributed by atoms with Gasteiger partial charge < -0.3 is 40.2 Å². The van der Waals surface area contributed by atoms with Crippen LogP contribution in [0.5, 0.6) is 23.0 Å². The molecule has 0 spiro atoms. The molecule has 6 aromatic rings. The van der Waals surface area contributed by atoms with E-state index in [0.717, 1.165) is 120 Å². The van der Waals surface area contributed by atoms with Crippen molar-refractivity contribution in [1.29, 1.82) is 0 Å². The lowest BCUT2D eigenvalue weighted by molar-refractivity contribution is -0.385. The first kappa shape index (κ1) is 55.6. The SMILES string of the molecule is CCCCCCOc1c2cc(NC(=O)Nc3ccc([N+](=O)[O-])cc3)cc1Cc1cccc(c1OCCC)Cc1cc(NC(=O)Nc3ccc([N+](=O)[O-])cc3)cc(c1OCCCCCC)Cc1cccc(c1OCCC)C2. The van der Waals surface area contributed by atoms with Crippen molar-refractivity contribution in [2.75, 3.05) is 47.7 Å². The van der Waals surface area contributed by atoms with Crippen molar-refractivity contribution in [3.8, 4) is 23.0 Å². The number of nitrogens with zero attached hydrogens (tertiary/aromatic N) is 2. The second kappa shape index (κ2) is 28.0. The predicted molar refractivity (Wildman–Crippen MR) is 299 cm³/mol. The van der Waals surface area contributed by atoms with Gasteiger partial charge in [-0.1, -0.05) is 103 Å². The highest BCUT2D eigenvalue weighted by atomic mass is 16.6. The number of non-ortho nitro benzene ring substituents is 2. The van der Waals surface area contributed by atoms with E-state index in [1.54, 1.807) is 0 Å².